The number of rotatable bonds is 63. The first kappa shape index (κ1) is 125. The van der Waals surface area contributed by atoms with Gasteiger partial charge in [-0.15, -0.1) is 0 Å². The van der Waals surface area contributed by atoms with E-state index in [-0.39, 0.29) is 62.4 Å². The Morgan fingerprint density at radius 2 is 0.524 bits per heavy atom. The number of hydrogen-bond acceptors (Lipinski definition) is 26. The molecule has 145 heavy (non-hydrogen) atoms. The number of phenols is 2. The van der Waals surface area contributed by atoms with Crippen LogP contribution in [0.4, 0.5) is 34.1 Å². The molecule has 32 nitrogen and oxygen atoms in total. The summed E-state index contributed by atoms with van der Waals surface area (Å²) in [5.74, 6) is -0.170. The highest BCUT2D eigenvalue weighted by Gasteiger charge is 2.23. The zero-order valence-corrected chi connectivity index (χ0v) is 85.7. The summed E-state index contributed by atoms with van der Waals surface area (Å²) in [6, 6.07) is 50.2. The minimum Gasteiger partial charge on any atom is -0.508 e. The summed E-state index contributed by atoms with van der Waals surface area (Å²) in [7, 11) is 1.39. The summed E-state index contributed by atoms with van der Waals surface area (Å²) >= 11 is 5.07. The van der Waals surface area contributed by atoms with E-state index >= 15 is 0 Å². The molecule has 0 aliphatic heterocycles. The number of aromatic carboxylic acids is 2. The molecule has 0 spiro atoms. The molecule has 0 amide bonds. The van der Waals surface area contributed by atoms with Crippen molar-refractivity contribution in [1.82, 2.24) is 0 Å². The van der Waals surface area contributed by atoms with Crippen molar-refractivity contribution in [3.8, 4) is 34.5 Å². The summed E-state index contributed by atoms with van der Waals surface area (Å²) in [5.41, 5.74) is 13.4. The fraction of sp³-hybridized carbons (Fsp3) is 0.464. The molecule has 0 aliphatic rings. The number of anilines is 2. The van der Waals surface area contributed by atoms with Gasteiger partial charge in [0, 0.05) is 44.1 Å². The summed E-state index contributed by atoms with van der Waals surface area (Å²) in [6.45, 7) is 12.2. The number of unbranched alkanes of at least 4 members (excludes halogenated alkanes) is 36. The van der Waals surface area contributed by atoms with E-state index in [4.69, 9.17) is 77.0 Å². The Hall–Kier alpha value is -13.8. The van der Waals surface area contributed by atoms with Crippen LogP contribution < -0.4 is 30.4 Å². The standard InChI is InChI=1S/C26H34N2O7.C26H38N2O3.C20H32O3.C19H32O2.C7H3ClN2O5.2C7H6O3.2H2/c1-2-3-4-5-6-7-8-9-10-11-16-34-25-14-12-21(13-15-25)20-35-26(29)22-17-23(27(30)31)19-24(18-22)28(32)33;1-2-3-4-5-6-7-8-9-10-11-16-30-25-14-12-21(13-15-25)20-31-26(29)22-17-23(27)19-24(28)18-22;1-3-4-5-6-7-8-9-10-11-12-17-23-19-15-13-18(14-16-19)20(21)22-2;1-2-3-4-5-6-7-8-9-10-11-16-21-19-14-12-18(17-20)13-15-19;8-7(11)4-1-5(9(12)13)3-6(2-4)10(14)15;2*8-6-3-1-5(2-4-6)7(9)10;;/h12-15,17-19H,2-11,16,20H2,1H3;12-15,17-19H,2-11,16,20,27-28H2,1H3;13-16H,3-12,17H2,1-2H3;12-15,20H,2-11,16-17H2,1H3;1-3H;2*1-4,8H,(H,9,10);2*1H. The lowest BCUT2D eigenvalue weighted by Crippen LogP contribution is -2.07. The first-order valence-corrected chi connectivity index (χ1v) is 51.0. The molecule has 0 aromatic heterocycles. The Morgan fingerprint density at radius 3 is 0.759 bits per heavy atom. The van der Waals surface area contributed by atoms with Gasteiger partial charge in [-0.2, -0.15) is 0 Å². The summed E-state index contributed by atoms with van der Waals surface area (Å²) in [4.78, 5) is 106. The summed E-state index contributed by atoms with van der Waals surface area (Å²) in [6.07, 6.45) is 52.5. The monoisotopic (exact) mass is 2040 g/mol. The van der Waals surface area contributed by atoms with Crippen molar-refractivity contribution < 1.29 is 110 Å². The number of aliphatic hydroxyl groups excluding tert-OH is 1. The third-order valence-electron chi connectivity index (χ3n) is 22.6. The molecular formula is C112H155ClN6O26. The lowest BCUT2D eigenvalue weighted by Gasteiger charge is -2.09. The molecule has 796 valence electrons. The van der Waals surface area contributed by atoms with Crippen molar-refractivity contribution in [3.05, 3.63) is 291 Å². The maximum Gasteiger partial charge on any atom is 0.338 e. The van der Waals surface area contributed by atoms with Gasteiger partial charge in [-0.05, 0) is 181 Å². The third kappa shape index (κ3) is 60.5. The number of nitrogens with zero attached hydrogens (tertiary/aromatic N) is 4. The number of phenolic OH excluding ortho intramolecular Hbond substituents is 2. The lowest BCUT2D eigenvalue weighted by molar-refractivity contribution is -0.394. The van der Waals surface area contributed by atoms with Gasteiger partial charge < -0.3 is 70.2 Å². The molecule has 0 radical (unpaired) electrons. The van der Waals surface area contributed by atoms with E-state index in [1.165, 1.54) is 280 Å². The third-order valence-corrected chi connectivity index (χ3v) is 22.8. The lowest BCUT2D eigenvalue weighted by atomic mass is 10.1. The number of aromatic hydroxyl groups is 2. The maximum absolute atomic E-state index is 12.3. The van der Waals surface area contributed by atoms with Crippen molar-refractivity contribution in [2.75, 3.05) is 45.0 Å². The molecule has 0 unspecified atom stereocenters. The van der Waals surface area contributed by atoms with E-state index in [0.717, 1.165) is 122 Å². The number of carbonyl (C=O) groups is 6. The molecule has 0 saturated heterocycles. The molecule has 9 aromatic carbocycles. The predicted octanol–water partition coefficient (Wildman–Crippen LogP) is 29.5. The van der Waals surface area contributed by atoms with Gasteiger partial charge in [-0.1, -0.05) is 295 Å². The highest BCUT2D eigenvalue weighted by Crippen LogP contribution is 2.29. The smallest absolute Gasteiger partial charge is 0.338 e. The topological polar surface area (TPSA) is 493 Å². The SMILES string of the molecule is CCCCCCCCCCCCOc1ccc(C(=O)OC)cc1.CCCCCCCCCCCCOc1ccc(CO)cc1.CCCCCCCCCCCCOc1ccc(COC(=O)c2cc(N)cc(N)c2)cc1.CCCCCCCCCCCCOc1ccc(COC(=O)c2cc([N+](=O)[O-])cc([N+](=O)[O-])c2)cc1.O=C(Cl)c1cc([N+](=O)[O-])cc([N+](=O)[O-])c1.O=C(O)c1ccc(O)cc1.O=C(O)c1ccc(O)cc1.[HH].[HH]. The zero-order chi connectivity index (χ0) is 106. The molecule has 9 aromatic rings. The first-order valence-electron chi connectivity index (χ1n) is 50.6. The number of nitro benzene ring substituents is 4. The van der Waals surface area contributed by atoms with Crippen molar-refractivity contribution >= 4 is 80.8 Å². The van der Waals surface area contributed by atoms with Crippen molar-refractivity contribution in [3.63, 3.8) is 0 Å². The molecule has 33 heteroatoms. The molecule has 0 fully saturated rings. The van der Waals surface area contributed by atoms with E-state index in [0.29, 0.717) is 34.7 Å². The van der Waals surface area contributed by atoms with Crippen LogP contribution in [0.25, 0.3) is 0 Å². The number of aliphatic hydroxyl groups is 1. The normalized spacial score (nSPS) is 10.4. The maximum atomic E-state index is 12.3. The number of methoxy groups -OCH3 is 1. The quantitative estimate of drug-likeness (QED) is 0.00354. The highest BCUT2D eigenvalue weighted by molar-refractivity contribution is 6.67. The first-order chi connectivity index (χ1) is 69.9. The van der Waals surface area contributed by atoms with Gasteiger partial charge in [0.05, 0.1) is 99.8 Å². The number of carboxylic acid groups (broad SMARTS) is 2. The Kier molecular flexibility index (Phi) is 68.1. The number of halogens is 1. The largest absolute Gasteiger partial charge is 0.508 e. The molecule has 0 heterocycles. The van der Waals surface area contributed by atoms with Crippen LogP contribution in [0.5, 0.6) is 34.5 Å². The molecular weight excluding hydrogens is 1880 g/mol. The van der Waals surface area contributed by atoms with Crippen LogP contribution in [0.15, 0.2) is 200 Å². The average molecular weight is 2040 g/mol. The van der Waals surface area contributed by atoms with Crippen LogP contribution >= 0.6 is 11.6 Å². The molecule has 0 saturated carbocycles. The van der Waals surface area contributed by atoms with Gasteiger partial charge in [-0.3, -0.25) is 45.3 Å². The fourth-order valence-electron chi connectivity index (χ4n) is 14.3. The second kappa shape index (κ2) is 78.7. The Labute approximate surface area is 860 Å². The van der Waals surface area contributed by atoms with Crippen LogP contribution in [0.1, 0.15) is 366 Å². The van der Waals surface area contributed by atoms with Gasteiger partial charge in [0.15, 0.2) is 0 Å². The number of nitrogens with two attached hydrogens (primary N) is 2. The van der Waals surface area contributed by atoms with Gasteiger partial charge in [0.2, 0.25) is 0 Å². The van der Waals surface area contributed by atoms with Gasteiger partial charge in [-0.25, -0.2) is 24.0 Å². The van der Waals surface area contributed by atoms with Crippen LogP contribution in [-0.4, -0.2) is 114 Å². The van der Waals surface area contributed by atoms with Crippen molar-refractivity contribution in [2.24, 2.45) is 0 Å². The number of nitro groups is 4. The highest BCUT2D eigenvalue weighted by atomic mass is 35.5. The van der Waals surface area contributed by atoms with E-state index < -0.39 is 71.6 Å². The Bertz CT molecular complexity index is 4980. The molecule has 0 aliphatic carbocycles. The van der Waals surface area contributed by atoms with E-state index in [1.54, 1.807) is 54.6 Å². The van der Waals surface area contributed by atoms with Crippen LogP contribution in [0, 0.1) is 40.5 Å². The number of benzene rings is 9. The number of carbonyl (C=O) groups excluding carboxylic acids is 4. The Balaban J connectivity index is 0.000000889. The molecule has 0 atom stereocenters. The fourth-order valence-corrected chi connectivity index (χ4v) is 14.4. The summed E-state index contributed by atoms with van der Waals surface area (Å²) < 4.78 is 38.2. The van der Waals surface area contributed by atoms with E-state index in [1.807, 2.05) is 60.7 Å². The van der Waals surface area contributed by atoms with Crippen LogP contribution in [0.2, 0.25) is 0 Å². The number of non-ortho nitro benzene ring substituents is 4. The van der Waals surface area contributed by atoms with Crippen LogP contribution in [-0.2, 0) is 34.0 Å². The number of esters is 3. The van der Waals surface area contributed by atoms with E-state index in [9.17, 15) is 69.2 Å². The second-order valence-electron chi connectivity index (χ2n) is 34.8. The molecule has 9 N–H and O–H groups in total. The minimum absolute atomic E-state index is 0. The van der Waals surface area contributed by atoms with Crippen molar-refractivity contribution in [2.45, 2.75) is 304 Å². The Morgan fingerprint density at radius 1 is 0.297 bits per heavy atom. The number of ether oxygens (including phenoxy) is 7. The van der Waals surface area contributed by atoms with Gasteiger partial charge in [0.1, 0.15) is 47.7 Å². The van der Waals surface area contributed by atoms with Crippen LogP contribution in [0.3, 0.4) is 0 Å². The number of carboxylic acids is 2. The van der Waals surface area contributed by atoms with Gasteiger partial charge >= 0.3 is 29.8 Å². The van der Waals surface area contributed by atoms with Gasteiger partial charge in [0.25, 0.3) is 28.0 Å². The predicted molar refractivity (Wildman–Crippen MR) is 570 cm³/mol. The molecule has 0 bridgehead atoms. The second-order valence-corrected chi connectivity index (χ2v) is 35.1. The minimum atomic E-state index is -0.986. The van der Waals surface area contributed by atoms with E-state index in [2.05, 4.69) is 32.4 Å². The number of hydrogen-bond donors (Lipinski definition) is 7. The average Bonchev–Trinajstić information content (AvgIpc) is 0.840. The zero-order valence-electron chi connectivity index (χ0n) is 84.9. The summed E-state index contributed by atoms with van der Waals surface area (Å²) in [5, 5.41) is 85.0. The number of nitrogen functional groups attached to an aromatic ring is 2. The molecule has 9 rings (SSSR count). The van der Waals surface area contributed by atoms with Crippen molar-refractivity contribution in [1.29, 1.82) is 0 Å².